The van der Waals surface area contributed by atoms with Crippen LogP contribution in [0.1, 0.15) is 56.0 Å². The van der Waals surface area contributed by atoms with Gasteiger partial charge in [0.25, 0.3) is 0 Å². The number of alkyl halides is 1. The maximum absolute atomic E-state index is 12.6. The van der Waals surface area contributed by atoms with Crippen LogP contribution in [0.2, 0.25) is 0 Å². The third-order valence-electron chi connectivity index (χ3n) is 5.24. The molecule has 0 fully saturated rings. The molecule has 1 aliphatic carbocycles. The Morgan fingerprint density at radius 3 is 2.41 bits per heavy atom. The fourth-order valence-corrected chi connectivity index (χ4v) is 3.79. The number of carbonyl (C=O) groups excluding carboxylic acids is 1. The van der Waals surface area contributed by atoms with E-state index in [-0.39, 0.29) is 11.3 Å². The molecule has 0 bridgehead atoms. The van der Waals surface area contributed by atoms with Crippen LogP contribution in [0.3, 0.4) is 0 Å². The van der Waals surface area contributed by atoms with Gasteiger partial charge in [-0.15, -0.1) is 0 Å². The molecule has 3 nitrogen and oxygen atoms in total. The highest BCUT2D eigenvalue weighted by Crippen LogP contribution is 2.29. The van der Waals surface area contributed by atoms with Crippen LogP contribution in [0.15, 0.2) is 60.7 Å². The predicted molar refractivity (Wildman–Crippen MR) is 124 cm³/mol. The van der Waals surface area contributed by atoms with Gasteiger partial charge in [0.1, 0.15) is 10.6 Å². The summed E-state index contributed by atoms with van der Waals surface area (Å²) in [5.41, 5.74) is 3.05. The third-order valence-corrected chi connectivity index (χ3v) is 6.18. The maximum atomic E-state index is 12.6. The molecule has 0 heterocycles. The lowest BCUT2D eigenvalue weighted by Crippen LogP contribution is -2.17. The number of allylic oxidation sites excluding steroid dienone is 1. The molecule has 29 heavy (non-hydrogen) atoms. The Balaban J connectivity index is 1.54. The quantitative estimate of drug-likeness (QED) is 0.384. The molecular weight excluding hydrogens is 426 g/mol. The van der Waals surface area contributed by atoms with Crippen LogP contribution in [0.5, 0.6) is 5.75 Å². The lowest BCUT2D eigenvalue weighted by Gasteiger charge is -2.20. The average Bonchev–Trinajstić information content (AvgIpc) is 2.73. The SMILES string of the molecule is CC(C)(C)c1ccc(C(Br)C(=O)Nc2ccc(OCC3C=CCCC3)cc2)cc1. The van der Waals surface area contributed by atoms with E-state index >= 15 is 0 Å². The van der Waals surface area contributed by atoms with Crippen LogP contribution in [0.25, 0.3) is 0 Å². The highest BCUT2D eigenvalue weighted by molar-refractivity contribution is 9.09. The molecule has 154 valence electrons. The molecule has 2 atom stereocenters. The van der Waals surface area contributed by atoms with Gasteiger partial charge in [-0.2, -0.15) is 0 Å². The number of hydrogen-bond donors (Lipinski definition) is 1. The fraction of sp³-hybridized carbons (Fsp3) is 0.400. The van der Waals surface area contributed by atoms with E-state index in [2.05, 4.69) is 66.3 Å². The van der Waals surface area contributed by atoms with Crippen molar-refractivity contribution in [3.05, 3.63) is 71.8 Å². The van der Waals surface area contributed by atoms with Crippen LogP contribution >= 0.6 is 15.9 Å². The van der Waals surface area contributed by atoms with Gasteiger partial charge in [0, 0.05) is 11.6 Å². The molecule has 2 aromatic carbocycles. The van der Waals surface area contributed by atoms with Crippen LogP contribution < -0.4 is 10.1 Å². The monoisotopic (exact) mass is 455 g/mol. The van der Waals surface area contributed by atoms with Gasteiger partial charge in [0.2, 0.25) is 5.91 Å². The zero-order valence-corrected chi connectivity index (χ0v) is 19.0. The van der Waals surface area contributed by atoms with E-state index in [0.717, 1.165) is 17.0 Å². The summed E-state index contributed by atoms with van der Waals surface area (Å²) in [7, 11) is 0. The van der Waals surface area contributed by atoms with Crippen molar-refractivity contribution in [2.24, 2.45) is 5.92 Å². The van der Waals surface area contributed by atoms with E-state index < -0.39 is 4.83 Å². The van der Waals surface area contributed by atoms with Gasteiger partial charge in [-0.1, -0.05) is 73.1 Å². The number of amides is 1. The predicted octanol–water partition coefficient (Wildman–Crippen LogP) is 6.79. The first-order chi connectivity index (χ1) is 13.8. The topological polar surface area (TPSA) is 38.3 Å². The summed E-state index contributed by atoms with van der Waals surface area (Å²) in [4.78, 5) is 12.2. The Morgan fingerprint density at radius 2 is 1.83 bits per heavy atom. The molecule has 1 amide bonds. The minimum atomic E-state index is -0.398. The highest BCUT2D eigenvalue weighted by atomic mass is 79.9. The van der Waals surface area contributed by atoms with E-state index in [1.54, 1.807) is 0 Å². The summed E-state index contributed by atoms with van der Waals surface area (Å²) in [5, 5.41) is 2.97. The normalized spacial score (nSPS) is 17.6. The molecule has 0 saturated carbocycles. The third kappa shape index (κ3) is 6.20. The Hall–Kier alpha value is -2.07. The van der Waals surface area contributed by atoms with Crippen molar-refractivity contribution in [1.82, 2.24) is 0 Å². The van der Waals surface area contributed by atoms with Gasteiger partial charge < -0.3 is 10.1 Å². The summed E-state index contributed by atoms with van der Waals surface area (Å²) in [6.07, 6.45) is 8.10. The van der Waals surface area contributed by atoms with E-state index in [1.165, 1.54) is 24.8 Å². The molecule has 1 aliphatic rings. The summed E-state index contributed by atoms with van der Waals surface area (Å²) in [6, 6.07) is 15.8. The van der Waals surface area contributed by atoms with Crippen molar-refractivity contribution in [3.63, 3.8) is 0 Å². The Morgan fingerprint density at radius 1 is 1.14 bits per heavy atom. The fourth-order valence-electron chi connectivity index (χ4n) is 3.37. The number of hydrogen-bond acceptors (Lipinski definition) is 2. The Labute approximate surface area is 182 Å². The second kappa shape index (κ2) is 9.62. The summed E-state index contributed by atoms with van der Waals surface area (Å²) >= 11 is 3.52. The zero-order chi connectivity index (χ0) is 20.9. The zero-order valence-electron chi connectivity index (χ0n) is 17.5. The van der Waals surface area contributed by atoms with Gasteiger partial charge in [-0.25, -0.2) is 0 Å². The molecule has 2 aromatic rings. The summed E-state index contributed by atoms with van der Waals surface area (Å²) < 4.78 is 5.89. The van der Waals surface area contributed by atoms with E-state index in [0.29, 0.717) is 12.5 Å². The minimum absolute atomic E-state index is 0.0884. The molecular formula is C25H30BrNO2. The number of halogens is 1. The lowest BCUT2D eigenvalue weighted by molar-refractivity contribution is -0.115. The maximum Gasteiger partial charge on any atom is 0.242 e. The Kier molecular flexibility index (Phi) is 7.18. The van der Waals surface area contributed by atoms with Crippen molar-refractivity contribution in [2.75, 3.05) is 11.9 Å². The first kappa shape index (κ1) is 21.6. The molecule has 4 heteroatoms. The molecule has 1 N–H and O–H groups in total. The van der Waals surface area contributed by atoms with Crippen LogP contribution in [0, 0.1) is 5.92 Å². The van der Waals surface area contributed by atoms with Crippen LogP contribution in [-0.4, -0.2) is 12.5 Å². The number of nitrogens with one attached hydrogen (secondary N) is 1. The molecule has 0 aliphatic heterocycles. The van der Waals surface area contributed by atoms with Gasteiger partial charge in [-0.05, 0) is 60.1 Å². The van der Waals surface area contributed by atoms with Crippen molar-refractivity contribution < 1.29 is 9.53 Å². The highest BCUT2D eigenvalue weighted by Gasteiger charge is 2.19. The number of ether oxygens (including phenoxy) is 1. The second-order valence-corrected chi connectivity index (χ2v) is 9.59. The van der Waals surface area contributed by atoms with Crippen molar-refractivity contribution in [3.8, 4) is 5.75 Å². The number of rotatable bonds is 6. The molecule has 0 radical (unpaired) electrons. The Bertz CT molecular complexity index is 835. The van der Waals surface area contributed by atoms with E-state index in [4.69, 9.17) is 4.74 Å². The standard InChI is InChI=1S/C25H30BrNO2/c1-25(2,3)20-11-9-19(10-12-20)23(26)24(28)27-21-13-15-22(16-14-21)29-17-18-7-5-4-6-8-18/h5,7,9-16,18,23H,4,6,8,17H2,1-3H3,(H,27,28). The summed E-state index contributed by atoms with van der Waals surface area (Å²) in [6.45, 7) is 7.24. The number of carbonyl (C=O) groups is 1. The summed E-state index contributed by atoms with van der Waals surface area (Å²) in [5.74, 6) is 1.24. The molecule has 2 unspecified atom stereocenters. The number of anilines is 1. The molecule has 3 rings (SSSR count). The van der Waals surface area contributed by atoms with Crippen molar-refractivity contribution >= 4 is 27.5 Å². The largest absolute Gasteiger partial charge is 0.493 e. The minimum Gasteiger partial charge on any atom is -0.493 e. The van der Waals surface area contributed by atoms with Crippen molar-refractivity contribution in [2.45, 2.75) is 50.3 Å². The van der Waals surface area contributed by atoms with Gasteiger partial charge >= 0.3 is 0 Å². The molecule has 0 aromatic heterocycles. The van der Waals surface area contributed by atoms with E-state index in [1.807, 2.05) is 36.4 Å². The average molecular weight is 456 g/mol. The number of benzene rings is 2. The lowest BCUT2D eigenvalue weighted by atomic mass is 9.86. The molecule has 0 saturated heterocycles. The first-order valence-electron chi connectivity index (χ1n) is 10.3. The first-order valence-corrected chi connectivity index (χ1v) is 11.2. The smallest absolute Gasteiger partial charge is 0.242 e. The van der Waals surface area contributed by atoms with Gasteiger partial charge in [0.15, 0.2) is 0 Å². The molecule has 0 spiro atoms. The van der Waals surface area contributed by atoms with Crippen LogP contribution in [-0.2, 0) is 10.2 Å². The van der Waals surface area contributed by atoms with Gasteiger partial charge in [0.05, 0.1) is 6.61 Å². The van der Waals surface area contributed by atoms with Crippen LogP contribution in [0.4, 0.5) is 5.69 Å². The van der Waals surface area contributed by atoms with Crippen molar-refractivity contribution in [1.29, 1.82) is 0 Å². The van der Waals surface area contributed by atoms with Gasteiger partial charge in [-0.3, -0.25) is 4.79 Å². The van der Waals surface area contributed by atoms with E-state index in [9.17, 15) is 4.79 Å². The second-order valence-electron chi connectivity index (χ2n) is 8.68.